The number of carbonyl (C=O) groups excluding carboxylic acids is 1. The first-order chi connectivity index (χ1) is 11.7. The zero-order valence-electron chi connectivity index (χ0n) is 14.5. The van der Waals surface area contributed by atoms with Gasteiger partial charge in [-0.3, -0.25) is 4.79 Å². The van der Waals surface area contributed by atoms with Gasteiger partial charge in [0, 0.05) is 12.8 Å². The molecule has 0 fully saturated rings. The fourth-order valence-electron chi connectivity index (χ4n) is 2.36. The fraction of sp³-hybridized carbons (Fsp3) is 0.550. The normalized spacial score (nSPS) is 15.5. The monoisotopic (exact) mass is 327 g/mol. The predicted octanol–water partition coefficient (Wildman–Crippen LogP) is 4.84. The Morgan fingerprint density at radius 2 is 1.58 bits per heavy atom. The lowest BCUT2D eigenvalue weighted by molar-refractivity contribution is -0.118. The van der Waals surface area contributed by atoms with Crippen molar-refractivity contribution >= 4 is 5.91 Å². The molecule has 1 amide bonds. The first-order valence-electron chi connectivity index (χ1n) is 8.79. The quantitative estimate of drug-likeness (QED) is 0.277. The summed E-state index contributed by atoms with van der Waals surface area (Å²) < 4.78 is 0. The summed E-state index contributed by atoms with van der Waals surface area (Å²) in [6.07, 6.45) is 27.1. The molecule has 1 aliphatic rings. The highest BCUT2D eigenvalue weighted by Crippen LogP contribution is 2.38. The molecule has 24 heavy (non-hydrogen) atoms. The SMILES string of the molecule is C#CCCCC1(CCC=CCC=CCC=CCCCC(N)=O)N=N1. The topological polar surface area (TPSA) is 67.8 Å². The fourth-order valence-corrected chi connectivity index (χ4v) is 2.36. The Hall–Kier alpha value is -2.15. The molecule has 0 aliphatic carbocycles. The minimum atomic E-state index is -0.224. The maximum Gasteiger partial charge on any atom is 0.217 e. The van der Waals surface area contributed by atoms with Crippen LogP contribution in [-0.2, 0) is 4.79 Å². The number of amides is 1. The summed E-state index contributed by atoms with van der Waals surface area (Å²) in [6, 6.07) is 0. The molecule has 1 aliphatic heterocycles. The lowest BCUT2D eigenvalue weighted by Crippen LogP contribution is -2.09. The number of rotatable bonds is 14. The maximum atomic E-state index is 10.6. The standard InChI is InChI=1S/C20H29N3O/c1-2-3-14-17-20(22-23-20)18-15-12-10-8-6-4-5-7-9-11-13-16-19(21)24/h1,4,6-7,9-10,12H,3,5,8,11,13-18H2,(H2,21,24). The summed E-state index contributed by atoms with van der Waals surface area (Å²) in [7, 11) is 0. The van der Waals surface area contributed by atoms with E-state index < -0.39 is 0 Å². The molecule has 130 valence electrons. The molecule has 1 rings (SSSR count). The van der Waals surface area contributed by atoms with Crippen molar-refractivity contribution in [1.29, 1.82) is 0 Å². The van der Waals surface area contributed by atoms with Crippen molar-refractivity contribution in [3.05, 3.63) is 36.5 Å². The van der Waals surface area contributed by atoms with Crippen molar-refractivity contribution in [2.75, 3.05) is 0 Å². The van der Waals surface area contributed by atoms with E-state index in [-0.39, 0.29) is 11.6 Å². The summed E-state index contributed by atoms with van der Waals surface area (Å²) in [4.78, 5) is 10.6. The summed E-state index contributed by atoms with van der Waals surface area (Å²) in [5, 5.41) is 8.36. The van der Waals surface area contributed by atoms with Gasteiger partial charge < -0.3 is 5.73 Å². The zero-order valence-corrected chi connectivity index (χ0v) is 14.5. The highest BCUT2D eigenvalue weighted by Gasteiger charge is 2.37. The minimum Gasteiger partial charge on any atom is -0.370 e. The van der Waals surface area contributed by atoms with Crippen LogP contribution in [0.3, 0.4) is 0 Å². The molecule has 4 heteroatoms. The van der Waals surface area contributed by atoms with E-state index in [1.54, 1.807) is 0 Å². The van der Waals surface area contributed by atoms with Gasteiger partial charge in [0.25, 0.3) is 0 Å². The number of allylic oxidation sites excluding steroid dienone is 6. The van der Waals surface area contributed by atoms with Gasteiger partial charge in [-0.15, -0.1) is 12.3 Å². The van der Waals surface area contributed by atoms with E-state index in [2.05, 4.69) is 52.6 Å². The van der Waals surface area contributed by atoms with Crippen LogP contribution in [0.5, 0.6) is 0 Å². The summed E-state index contributed by atoms with van der Waals surface area (Å²) in [6.45, 7) is 0. The molecule has 0 unspecified atom stereocenters. The molecule has 0 bridgehead atoms. The third-order valence-corrected chi connectivity index (χ3v) is 3.83. The Kier molecular flexibility index (Phi) is 10.2. The van der Waals surface area contributed by atoms with Crippen LogP contribution in [0.25, 0.3) is 0 Å². The molecular weight excluding hydrogens is 298 g/mol. The van der Waals surface area contributed by atoms with Gasteiger partial charge in [0.1, 0.15) is 0 Å². The second kappa shape index (κ2) is 12.3. The van der Waals surface area contributed by atoms with E-state index in [4.69, 9.17) is 12.2 Å². The van der Waals surface area contributed by atoms with Gasteiger partial charge in [0.05, 0.1) is 0 Å². The molecule has 0 atom stereocenters. The highest BCUT2D eigenvalue weighted by molar-refractivity contribution is 5.73. The average molecular weight is 327 g/mol. The number of primary amides is 1. The van der Waals surface area contributed by atoms with Crippen molar-refractivity contribution in [2.45, 2.75) is 69.9 Å². The number of terminal acetylenes is 1. The Morgan fingerprint density at radius 1 is 0.958 bits per heavy atom. The van der Waals surface area contributed by atoms with E-state index in [0.717, 1.165) is 57.8 Å². The largest absolute Gasteiger partial charge is 0.370 e. The van der Waals surface area contributed by atoms with E-state index in [1.807, 2.05) is 0 Å². The Morgan fingerprint density at radius 3 is 2.17 bits per heavy atom. The van der Waals surface area contributed by atoms with Crippen molar-refractivity contribution in [1.82, 2.24) is 0 Å². The van der Waals surface area contributed by atoms with E-state index in [0.29, 0.717) is 6.42 Å². The highest BCUT2D eigenvalue weighted by atomic mass is 16.1. The van der Waals surface area contributed by atoms with Crippen LogP contribution in [0, 0.1) is 12.3 Å². The Labute approximate surface area is 146 Å². The number of hydrogen-bond donors (Lipinski definition) is 1. The molecule has 2 N–H and O–H groups in total. The third kappa shape index (κ3) is 10.6. The molecule has 0 spiro atoms. The van der Waals surface area contributed by atoms with Gasteiger partial charge >= 0.3 is 0 Å². The molecule has 0 aromatic rings. The number of unbranched alkanes of at least 4 members (excludes halogenated alkanes) is 2. The van der Waals surface area contributed by atoms with Crippen molar-refractivity contribution in [2.24, 2.45) is 16.0 Å². The van der Waals surface area contributed by atoms with Crippen LogP contribution in [0.1, 0.15) is 64.2 Å². The maximum absolute atomic E-state index is 10.6. The Balaban J connectivity index is 1.97. The molecule has 1 heterocycles. The summed E-state index contributed by atoms with van der Waals surface area (Å²) in [5.74, 6) is 2.43. The molecule has 0 aromatic carbocycles. The molecular formula is C20H29N3O. The lowest BCUT2D eigenvalue weighted by Gasteiger charge is -2.06. The van der Waals surface area contributed by atoms with Gasteiger partial charge in [0.15, 0.2) is 5.66 Å². The Bertz CT molecular complexity index is 517. The first-order valence-corrected chi connectivity index (χ1v) is 8.79. The van der Waals surface area contributed by atoms with Crippen LogP contribution < -0.4 is 5.73 Å². The number of hydrogen-bond acceptors (Lipinski definition) is 3. The summed E-state index contributed by atoms with van der Waals surface area (Å²) >= 11 is 0. The minimum absolute atomic E-state index is 0.115. The van der Waals surface area contributed by atoms with E-state index >= 15 is 0 Å². The number of carbonyl (C=O) groups is 1. The predicted molar refractivity (Wildman–Crippen MR) is 99.2 cm³/mol. The van der Waals surface area contributed by atoms with Crippen molar-refractivity contribution in [3.63, 3.8) is 0 Å². The van der Waals surface area contributed by atoms with Crippen LogP contribution in [0.2, 0.25) is 0 Å². The third-order valence-electron chi connectivity index (χ3n) is 3.83. The molecule has 0 aromatic heterocycles. The molecule has 4 nitrogen and oxygen atoms in total. The van der Waals surface area contributed by atoms with Gasteiger partial charge in [0.2, 0.25) is 5.91 Å². The second-order valence-corrected chi connectivity index (χ2v) is 6.02. The first kappa shape index (κ1) is 19.9. The smallest absolute Gasteiger partial charge is 0.217 e. The van der Waals surface area contributed by atoms with Crippen molar-refractivity contribution < 1.29 is 4.79 Å². The van der Waals surface area contributed by atoms with Gasteiger partial charge in [-0.1, -0.05) is 36.5 Å². The number of nitrogens with zero attached hydrogens (tertiary/aromatic N) is 2. The average Bonchev–Trinajstić information content (AvgIpc) is 3.32. The van der Waals surface area contributed by atoms with Gasteiger partial charge in [-0.05, 0) is 51.4 Å². The molecule has 0 saturated heterocycles. The molecule has 0 saturated carbocycles. The molecule has 0 radical (unpaired) electrons. The lowest BCUT2D eigenvalue weighted by atomic mass is 10.0. The van der Waals surface area contributed by atoms with Crippen LogP contribution in [-0.4, -0.2) is 11.6 Å². The second-order valence-electron chi connectivity index (χ2n) is 6.02. The van der Waals surface area contributed by atoms with Crippen LogP contribution in [0.15, 0.2) is 46.7 Å². The van der Waals surface area contributed by atoms with E-state index in [1.165, 1.54) is 0 Å². The number of nitrogens with two attached hydrogens (primary N) is 1. The summed E-state index contributed by atoms with van der Waals surface area (Å²) in [5.41, 5.74) is 4.96. The zero-order chi connectivity index (χ0) is 17.5. The van der Waals surface area contributed by atoms with Crippen LogP contribution >= 0.6 is 0 Å². The van der Waals surface area contributed by atoms with Gasteiger partial charge in [-0.2, -0.15) is 10.2 Å². The van der Waals surface area contributed by atoms with Gasteiger partial charge in [-0.25, -0.2) is 0 Å². The van der Waals surface area contributed by atoms with Crippen molar-refractivity contribution in [3.8, 4) is 12.3 Å². The van der Waals surface area contributed by atoms with Crippen LogP contribution in [0.4, 0.5) is 0 Å². The van der Waals surface area contributed by atoms with E-state index in [9.17, 15) is 4.79 Å².